The maximum atomic E-state index is 5.25. The van der Waals surface area contributed by atoms with Gasteiger partial charge >= 0.3 is 0 Å². The molecule has 2 radical (unpaired) electrons. The van der Waals surface area contributed by atoms with Crippen molar-refractivity contribution < 1.29 is 0 Å². The van der Waals surface area contributed by atoms with Crippen molar-refractivity contribution in [3.8, 4) is 0 Å². The molecule has 8 heavy (non-hydrogen) atoms. The molecule has 4 N–H and O–H groups in total. The van der Waals surface area contributed by atoms with Gasteiger partial charge in [0.2, 0.25) is 0 Å². The standard InChI is InChI=1S/C5H9BN2/c1-4(8)2-5(6)3-7/h2-3H,7-8H2,1H3/b4-2-,5-3+. The first kappa shape index (κ1) is 7.14. The largest absolute Gasteiger partial charge is 0.405 e. The number of nitrogens with two attached hydrogens (primary N) is 2. The molecule has 2 nitrogen and oxygen atoms in total. The van der Waals surface area contributed by atoms with Crippen LogP contribution in [0.2, 0.25) is 0 Å². The molecule has 3 heteroatoms. The minimum atomic E-state index is 0.491. The van der Waals surface area contributed by atoms with Gasteiger partial charge < -0.3 is 11.5 Å². The van der Waals surface area contributed by atoms with Crippen molar-refractivity contribution in [2.45, 2.75) is 6.92 Å². The zero-order valence-electron chi connectivity index (χ0n) is 4.89. The first-order valence-corrected chi connectivity index (χ1v) is 2.28. The van der Waals surface area contributed by atoms with Gasteiger partial charge in [-0.1, -0.05) is 5.47 Å². The first-order chi connectivity index (χ1) is 3.66. The van der Waals surface area contributed by atoms with E-state index in [1.165, 1.54) is 6.20 Å². The predicted octanol–water partition coefficient (Wildman–Crippen LogP) is -0.182. The first-order valence-electron chi connectivity index (χ1n) is 2.28. The molecule has 0 spiro atoms. The van der Waals surface area contributed by atoms with Crippen LogP contribution in [-0.2, 0) is 0 Å². The van der Waals surface area contributed by atoms with Gasteiger partial charge in [0.1, 0.15) is 7.85 Å². The quantitative estimate of drug-likeness (QED) is 0.361. The molecule has 0 aliphatic rings. The van der Waals surface area contributed by atoms with E-state index in [9.17, 15) is 0 Å². The van der Waals surface area contributed by atoms with Crippen LogP contribution < -0.4 is 11.5 Å². The van der Waals surface area contributed by atoms with Crippen LogP contribution in [0.15, 0.2) is 23.4 Å². The average Bonchev–Trinajstić information content (AvgIpc) is 1.65. The summed E-state index contributed by atoms with van der Waals surface area (Å²) in [6.07, 6.45) is 2.90. The second-order valence-electron chi connectivity index (χ2n) is 1.56. The zero-order valence-corrected chi connectivity index (χ0v) is 4.89. The van der Waals surface area contributed by atoms with Crippen LogP contribution in [0.1, 0.15) is 6.92 Å². The molecule has 0 heterocycles. The Labute approximate surface area is 50.7 Å². The molecule has 0 saturated carbocycles. The SMILES string of the molecule is [B]C(/C=C(/C)N)=C/N. The highest BCUT2D eigenvalue weighted by molar-refractivity contribution is 6.23. The fraction of sp³-hybridized carbons (Fsp3) is 0.200. The summed E-state index contributed by atoms with van der Waals surface area (Å²) in [4.78, 5) is 0. The van der Waals surface area contributed by atoms with Gasteiger partial charge in [-0.05, 0) is 19.2 Å². The summed E-state index contributed by atoms with van der Waals surface area (Å²) in [6.45, 7) is 1.75. The van der Waals surface area contributed by atoms with E-state index < -0.39 is 0 Å². The van der Waals surface area contributed by atoms with Crippen molar-refractivity contribution in [1.82, 2.24) is 0 Å². The van der Waals surface area contributed by atoms with Gasteiger partial charge in [-0.2, -0.15) is 0 Å². The van der Waals surface area contributed by atoms with Gasteiger partial charge in [0.15, 0.2) is 0 Å². The van der Waals surface area contributed by atoms with Crippen LogP contribution in [0.3, 0.4) is 0 Å². The van der Waals surface area contributed by atoms with Crippen molar-refractivity contribution in [2.75, 3.05) is 0 Å². The van der Waals surface area contributed by atoms with Crippen LogP contribution in [0.25, 0.3) is 0 Å². The molecule has 0 aliphatic heterocycles. The second-order valence-corrected chi connectivity index (χ2v) is 1.56. The molecule has 0 aromatic rings. The fourth-order valence-electron chi connectivity index (χ4n) is 0.311. The summed E-state index contributed by atoms with van der Waals surface area (Å²) in [6, 6.07) is 0. The third kappa shape index (κ3) is 3.34. The summed E-state index contributed by atoms with van der Waals surface area (Å²) in [5, 5.41) is 0. The van der Waals surface area contributed by atoms with Gasteiger partial charge in [-0.15, -0.1) is 0 Å². The number of allylic oxidation sites excluding steroid dienone is 3. The zero-order chi connectivity index (χ0) is 6.57. The van der Waals surface area contributed by atoms with E-state index in [1.807, 2.05) is 0 Å². The molecule has 0 aromatic carbocycles. The summed E-state index contributed by atoms with van der Waals surface area (Å²) in [5.74, 6) is 0. The van der Waals surface area contributed by atoms with Crippen molar-refractivity contribution >= 4 is 7.85 Å². The highest BCUT2D eigenvalue weighted by Crippen LogP contribution is 1.88. The molecule has 0 aliphatic carbocycles. The van der Waals surface area contributed by atoms with E-state index in [-0.39, 0.29) is 0 Å². The van der Waals surface area contributed by atoms with Crippen molar-refractivity contribution in [1.29, 1.82) is 0 Å². The minimum absolute atomic E-state index is 0.491. The number of hydrogen-bond donors (Lipinski definition) is 2. The fourth-order valence-corrected chi connectivity index (χ4v) is 0.311. The molecule has 0 saturated heterocycles. The normalized spacial score (nSPS) is 14.1. The van der Waals surface area contributed by atoms with E-state index in [0.29, 0.717) is 11.2 Å². The Bertz CT molecular complexity index is 122. The van der Waals surface area contributed by atoms with E-state index in [2.05, 4.69) is 0 Å². The molecule has 0 unspecified atom stereocenters. The summed E-state index contributed by atoms with van der Waals surface area (Å²) >= 11 is 0. The number of hydrogen-bond acceptors (Lipinski definition) is 2. The summed E-state index contributed by atoms with van der Waals surface area (Å²) in [7, 11) is 5.25. The lowest BCUT2D eigenvalue weighted by Crippen LogP contribution is -1.93. The third-order valence-electron chi connectivity index (χ3n) is 0.587. The monoisotopic (exact) mass is 108 g/mol. The van der Waals surface area contributed by atoms with E-state index in [1.54, 1.807) is 13.0 Å². The van der Waals surface area contributed by atoms with Gasteiger partial charge in [0, 0.05) is 5.70 Å². The smallest absolute Gasteiger partial charge is 0.115 e. The van der Waals surface area contributed by atoms with Crippen LogP contribution in [-0.4, -0.2) is 7.85 Å². The number of rotatable bonds is 1. The Hall–Kier alpha value is -0.855. The molecule has 0 atom stereocenters. The minimum Gasteiger partial charge on any atom is -0.405 e. The van der Waals surface area contributed by atoms with Gasteiger partial charge in [0.25, 0.3) is 0 Å². The summed E-state index contributed by atoms with van der Waals surface area (Å²) in [5.41, 5.74) is 11.4. The van der Waals surface area contributed by atoms with E-state index in [4.69, 9.17) is 19.3 Å². The molecule has 0 aromatic heterocycles. The molecule has 0 bridgehead atoms. The Morgan fingerprint density at radius 1 is 1.62 bits per heavy atom. The topological polar surface area (TPSA) is 52.0 Å². The maximum absolute atomic E-state index is 5.25. The van der Waals surface area contributed by atoms with Crippen molar-refractivity contribution in [3.05, 3.63) is 23.4 Å². The lowest BCUT2D eigenvalue weighted by atomic mass is 9.96. The lowest BCUT2D eigenvalue weighted by Gasteiger charge is -1.89. The maximum Gasteiger partial charge on any atom is 0.115 e. The molecule has 0 rings (SSSR count). The van der Waals surface area contributed by atoms with Crippen molar-refractivity contribution in [3.63, 3.8) is 0 Å². The second kappa shape index (κ2) is 3.19. The Balaban J connectivity index is 3.89. The molecule has 0 fully saturated rings. The Kier molecular flexibility index (Phi) is 2.85. The summed E-state index contributed by atoms with van der Waals surface area (Å²) < 4.78 is 0. The van der Waals surface area contributed by atoms with Gasteiger partial charge in [-0.25, -0.2) is 0 Å². The van der Waals surface area contributed by atoms with Crippen molar-refractivity contribution in [2.24, 2.45) is 11.5 Å². The Morgan fingerprint density at radius 3 is 2.25 bits per heavy atom. The predicted molar refractivity (Wildman–Crippen MR) is 36.0 cm³/mol. The highest BCUT2D eigenvalue weighted by Gasteiger charge is 1.77. The van der Waals surface area contributed by atoms with Gasteiger partial charge in [0.05, 0.1) is 0 Å². The van der Waals surface area contributed by atoms with Gasteiger partial charge in [-0.3, -0.25) is 0 Å². The molecular formula is C5H9BN2. The van der Waals surface area contributed by atoms with Crippen LogP contribution in [0.4, 0.5) is 0 Å². The molecular weight excluding hydrogens is 98.9 g/mol. The van der Waals surface area contributed by atoms with E-state index >= 15 is 0 Å². The van der Waals surface area contributed by atoms with Crippen LogP contribution in [0.5, 0.6) is 0 Å². The third-order valence-corrected chi connectivity index (χ3v) is 0.587. The average molecular weight is 108 g/mol. The Morgan fingerprint density at radius 2 is 2.12 bits per heavy atom. The van der Waals surface area contributed by atoms with E-state index in [0.717, 1.165) is 0 Å². The lowest BCUT2D eigenvalue weighted by molar-refractivity contribution is 1.31. The molecule has 0 amide bonds. The highest BCUT2D eigenvalue weighted by atomic mass is 14.5. The van der Waals surface area contributed by atoms with Crippen LogP contribution >= 0.6 is 0 Å². The van der Waals surface area contributed by atoms with Crippen LogP contribution in [0, 0.1) is 0 Å². The molecule has 42 valence electrons.